The fraction of sp³-hybridized carbons (Fsp3) is 0.429. The van der Waals surface area contributed by atoms with Gasteiger partial charge in [0, 0.05) is 6.54 Å². The Morgan fingerprint density at radius 3 is 3.08 bits per heavy atom. The van der Waals surface area contributed by atoms with Gasteiger partial charge >= 0.3 is 5.97 Å². The van der Waals surface area contributed by atoms with Crippen molar-refractivity contribution in [3.8, 4) is 0 Å². The van der Waals surface area contributed by atoms with Crippen LogP contribution in [-0.4, -0.2) is 27.2 Å². The molecule has 1 N–H and O–H groups in total. The molecule has 13 heavy (non-hydrogen) atoms. The van der Waals surface area contributed by atoms with Gasteiger partial charge in [-0.25, -0.2) is 9.78 Å². The van der Waals surface area contributed by atoms with E-state index in [2.05, 4.69) is 4.98 Å². The van der Waals surface area contributed by atoms with E-state index in [1.807, 2.05) is 0 Å². The van der Waals surface area contributed by atoms with E-state index >= 15 is 0 Å². The second kappa shape index (κ2) is 3.01. The van der Waals surface area contributed by atoms with E-state index in [9.17, 15) is 4.79 Å². The Kier molecular flexibility index (Phi) is 1.97. The first-order valence-corrected chi connectivity index (χ1v) is 4.14. The lowest BCUT2D eigenvalue weighted by atomic mass is 10.5. The van der Waals surface area contributed by atoms with Crippen molar-refractivity contribution >= 4 is 17.6 Å². The number of aromatic carboxylic acids is 1. The maximum atomic E-state index is 10.6. The van der Waals surface area contributed by atoms with Crippen molar-refractivity contribution in [3.63, 3.8) is 0 Å². The van der Waals surface area contributed by atoms with E-state index in [-0.39, 0.29) is 10.8 Å². The average molecular weight is 203 g/mol. The molecule has 2 heterocycles. The van der Waals surface area contributed by atoms with E-state index < -0.39 is 5.97 Å². The van der Waals surface area contributed by atoms with E-state index in [1.165, 1.54) is 0 Å². The van der Waals surface area contributed by atoms with Gasteiger partial charge in [0.1, 0.15) is 17.6 Å². The minimum Gasteiger partial charge on any atom is -0.476 e. The highest BCUT2D eigenvalue weighted by Gasteiger charge is 2.22. The summed E-state index contributed by atoms with van der Waals surface area (Å²) >= 11 is 5.80. The molecule has 1 aliphatic heterocycles. The maximum Gasteiger partial charge on any atom is 0.357 e. The molecule has 5 nitrogen and oxygen atoms in total. The summed E-state index contributed by atoms with van der Waals surface area (Å²) in [6, 6.07) is 0. The van der Waals surface area contributed by atoms with Crippen molar-refractivity contribution in [2.45, 2.75) is 13.2 Å². The number of halogens is 1. The van der Waals surface area contributed by atoms with Crippen molar-refractivity contribution in [1.29, 1.82) is 0 Å². The second-order valence-corrected chi connectivity index (χ2v) is 3.03. The number of hydrogen-bond donors (Lipinski definition) is 1. The zero-order valence-corrected chi connectivity index (χ0v) is 7.41. The number of ether oxygens (including phenoxy) is 1. The van der Waals surface area contributed by atoms with Crippen LogP contribution < -0.4 is 0 Å². The minimum atomic E-state index is -1.10. The summed E-state index contributed by atoms with van der Waals surface area (Å²) < 4.78 is 6.77. The van der Waals surface area contributed by atoms with Gasteiger partial charge in [-0.1, -0.05) is 11.6 Å². The van der Waals surface area contributed by atoms with Crippen LogP contribution in [0.25, 0.3) is 0 Å². The van der Waals surface area contributed by atoms with E-state index in [4.69, 9.17) is 21.4 Å². The molecule has 6 heteroatoms. The Morgan fingerprint density at radius 2 is 2.46 bits per heavy atom. The summed E-state index contributed by atoms with van der Waals surface area (Å²) in [6.45, 7) is 1.43. The molecule has 0 unspecified atom stereocenters. The molecule has 0 amide bonds. The van der Waals surface area contributed by atoms with E-state index in [1.54, 1.807) is 4.57 Å². The molecule has 0 fully saturated rings. The fourth-order valence-corrected chi connectivity index (χ4v) is 1.57. The quantitative estimate of drug-likeness (QED) is 0.731. The minimum absolute atomic E-state index is 0.0952. The van der Waals surface area contributed by atoms with Crippen molar-refractivity contribution < 1.29 is 14.6 Å². The van der Waals surface area contributed by atoms with Gasteiger partial charge in [0.25, 0.3) is 0 Å². The van der Waals surface area contributed by atoms with E-state index in [0.29, 0.717) is 25.6 Å². The molecule has 70 valence electrons. The van der Waals surface area contributed by atoms with Crippen molar-refractivity contribution in [2.24, 2.45) is 0 Å². The average Bonchev–Trinajstić information content (AvgIpc) is 2.45. The van der Waals surface area contributed by atoms with Gasteiger partial charge in [0.05, 0.1) is 6.61 Å². The molecule has 0 radical (unpaired) electrons. The number of imidazole rings is 1. The molecule has 0 bridgehead atoms. The Morgan fingerprint density at radius 1 is 1.69 bits per heavy atom. The number of carboxylic acids is 1. The lowest BCUT2D eigenvalue weighted by molar-refractivity contribution is 0.0690. The van der Waals surface area contributed by atoms with Crippen LogP contribution in [0.5, 0.6) is 0 Å². The number of rotatable bonds is 1. The van der Waals surface area contributed by atoms with Crippen LogP contribution in [-0.2, 0) is 17.9 Å². The Balaban J connectivity index is 2.50. The van der Waals surface area contributed by atoms with Crippen LogP contribution in [0.2, 0.25) is 5.15 Å². The van der Waals surface area contributed by atoms with Crippen molar-refractivity contribution in [2.75, 3.05) is 6.61 Å². The Labute approximate surface area is 78.9 Å². The lowest BCUT2D eigenvalue weighted by Crippen LogP contribution is -2.16. The van der Waals surface area contributed by atoms with Crippen LogP contribution in [0, 0.1) is 0 Å². The Bertz CT molecular complexity index is 361. The highest BCUT2D eigenvalue weighted by molar-refractivity contribution is 6.32. The number of nitrogens with zero attached hydrogens (tertiary/aromatic N) is 2. The zero-order valence-electron chi connectivity index (χ0n) is 6.66. The third-order valence-corrected chi connectivity index (χ3v) is 2.26. The molecule has 0 spiro atoms. The van der Waals surface area contributed by atoms with Crippen LogP contribution in [0.15, 0.2) is 0 Å². The smallest absolute Gasteiger partial charge is 0.357 e. The fourth-order valence-electron chi connectivity index (χ4n) is 1.27. The largest absolute Gasteiger partial charge is 0.476 e. The first kappa shape index (κ1) is 8.52. The van der Waals surface area contributed by atoms with Crippen molar-refractivity contribution in [3.05, 3.63) is 16.7 Å². The third-order valence-electron chi connectivity index (χ3n) is 1.88. The van der Waals surface area contributed by atoms with Gasteiger partial charge in [-0.05, 0) is 0 Å². The molecule has 0 saturated carbocycles. The highest BCUT2D eigenvalue weighted by atomic mass is 35.5. The first-order chi connectivity index (χ1) is 6.20. The highest BCUT2D eigenvalue weighted by Crippen LogP contribution is 2.20. The lowest BCUT2D eigenvalue weighted by Gasteiger charge is -2.14. The molecule has 1 aromatic rings. The SMILES string of the molecule is O=C(O)c1nc2n(c1Cl)CCOC2. The molecule has 0 aliphatic carbocycles. The summed E-state index contributed by atoms with van der Waals surface area (Å²) in [7, 11) is 0. The van der Waals surface area contributed by atoms with Crippen LogP contribution in [0.3, 0.4) is 0 Å². The van der Waals surface area contributed by atoms with Crippen LogP contribution in [0.4, 0.5) is 0 Å². The molecule has 1 aliphatic rings. The zero-order chi connectivity index (χ0) is 9.42. The molecule has 0 saturated heterocycles. The molecular weight excluding hydrogens is 196 g/mol. The summed E-state index contributed by atoms with van der Waals surface area (Å²) in [5, 5.41) is 8.90. The molecule has 0 atom stereocenters. The summed E-state index contributed by atoms with van der Waals surface area (Å²) in [4.78, 5) is 14.5. The summed E-state index contributed by atoms with van der Waals surface area (Å²) in [5.74, 6) is -0.527. The van der Waals surface area contributed by atoms with Crippen LogP contribution in [0.1, 0.15) is 16.3 Å². The van der Waals surface area contributed by atoms with Gasteiger partial charge in [-0.15, -0.1) is 0 Å². The van der Waals surface area contributed by atoms with Gasteiger partial charge in [0.15, 0.2) is 5.69 Å². The third kappa shape index (κ3) is 1.30. The molecule has 0 aromatic carbocycles. The molecule has 2 rings (SSSR count). The predicted octanol–water partition coefficient (Wildman–Crippen LogP) is 0.765. The molecule has 1 aromatic heterocycles. The van der Waals surface area contributed by atoms with Gasteiger partial charge < -0.3 is 14.4 Å². The van der Waals surface area contributed by atoms with E-state index in [0.717, 1.165) is 0 Å². The normalized spacial score (nSPS) is 15.5. The molecular formula is C7H7ClN2O3. The Hall–Kier alpha value is -1.07. The number of hydrogen-bond acceptors (Lipinski definition) is 3. The van der Waals surface area contributed by atoms with Gasteiger partial charge in [-0.3, -0.25) is 0 Å². The van der Waals surface area contributed by atoms with Gasteiger partial charge in [0.2, 0.25) is 0 Å². The number of carboxylic acid groups (broad SMARTS) is 1. The monoisotopic (exact) mass is 202 g/mol. The van der Waals surface area contributed by atoms with Gasteiger partial charge in [-0.2, -0.15) is 0 Å². The topological polar surface area (TPSA) is 64.3 Å². The number of carbonyl (C=O) groups is 1. The number of fused-ring (bicyclic) bond motifs is 1. The first-order valence-electron chi connectivity index (χ1n) is 3.76. The predicted molar refractivity (Wildman–Crippen MR) is 43.9 cm³/mol. The number of aromatic nitrogens is 2. The van der Waals surface area contributed by atoms with Crippen LogP contribution >= 0.6 is 11.6 Å². The standard InChI is InChI=1S/C7H7ClN2O3/c8-6-5(7(11)12)9-4-3-13-2-1-10(4)6/h1-3H2,(H,11,12). The maximum absolute atomic E-state index is 10.6. The summed E-state index contributed by atoms with van der Waals surface area (Å²) in [5.41, 5.74) is -0.0952. The van der Waals surface area contributed by atoms with Crippen molar-refractivity contribution in [1.82, 2.24) is 9.55 Å². The second-order valence-electron chi connectivity index (χ2n) is 2.68. The summed E-state index contributed by atoms with van der Waals surface area (Å²) in [6.07, 6.45) is 0.